The molecule has 6 aromatic rings. The predicted molar refractivity (Wildman–Crippen MR) is 168 cm³/mol. The van der Waals surface area contributed by atoms with E-state index in [0.29, 0.717) is 48.8 Å². The molecule has 1 atom stereocenters. The van der Waals surface area contributed by atoms with Gasteiger partial charge in [0.2, 0.25) is 0 Å². The summed E-state index contributed by atoms with van der Waals surface area (Å²) < 4.78 is 1.78. The van der Waals surface area contributed by atoms with Gasteiger partial charge in [0.25, 0.3) is 5.91 Å². The van der Waals surface area contributed by atoms with Crippen LogP contribution in [0, 0.1) is 0 Å². The number of aliphatic hydroxyl groups is 1. The summed E-state index contributed by atoms with van der Waals surface area (Å²) in [5, 5.41) is 17.7. The van der Waals surface area contributed by atoms with Crippen molar-refractivity contribution in [1.29, 1.82) is 0 Å². The first-order valence-electron chi connectivity index (χ1n) is 13.0. The van der Waals surface area contributed by atoms with Gasteiger partial charge < -0.3 is 15.0 Å². The van der Waals surface area contributed by atoms with Gasteiger partial charge in [-0.15, -0.1) is 0 Å². The highest BCUT2D eigenvalue weighted by Crippen LogP contribution is 2.40. The molecule has 2 heterocycles. The van der Waals surface area contributed by atoms with Gasteiger partial charge >= 0.3 is 0 Å². The molecule has 0 aliphatic heterocycles. The van der Waals surface area contributed by atoms with Crippen LogP contribution in [0.15, 0.2) is 110 Å². The largest absolute Gasteiger partial charge is 0.374 e. The highest BCUT2D eigenvalue weighted by atomic mass is 35.5. The van der Waals surface area contributed by atoms with Crippen molar-refractivity contribution in [2.45, 2.75) is 5.60 Å². The Labute approximate surface area is 257 Å². The number of amides is 1. The minimum Gasteiger partial charge on any atom is -0.374 e. The third kappa shape index (κ3) is 5.26. The maximum Gasteiger partial charge on any atom is 0.256 e. The molecule has 2 aromatic heterocycles. The van der Waals surface area contributed by atoms with Crippen molar-refractivity contribution in [3.63, 3.8) is 0 Å². The lowest BCUT2D eigenvalue weighted by Crippen LogP contribution is -2.31. The number of pyridine rings is 1. The van der Waals surface area contributed by atoms with E-state index in [1.807, 2.05) is 43.4 Å². The highest BCUT2D eigenvalue weighted by Gasteiger charge is 2.37. The summed E-state index contributed by atoms with van der Waals surface area (Å²) in [4.78, 5) is 22.1. The molecule has 0 aliphatic carbocycles. The number of nitrogens with zero attached hydrogens (tertiary/aromatic N) is 3. The fraction of sp³-hybridized carbons (Fsp3) is 0.0606. The number of fused-ring (bicyclic) bond motifs is 1. The second-order valence-corrected chi connectivity index (χ2v) is 11.2. The Morgan fingerprint density at radius 3 is 2.24 bits per heavy atom. The smallest absolute Gasteiger partial charge is 0.256 e. The topological polar surface area (TPSA) is 80.0 Å². The third-order valence-corrected chi connectivity index (χ3v) is 7.86. The normalized spacial score (nSPS) is 12.7. The van der Waals surface area contributed by atoms with Crippen LogP contribution in [0.2, 0.25) is 15.1 Å². The van der Waals surface area contributed by atoms with Crippen LogP contribution in [0.5, 0.6) is 0 Å². The van der Waals surface area contributed by atoms with Crippen molar-refractivity contribution in [3.05, 3.63) is 147 Å². The minimum absolute atomic E-state index is 0.341. The number of carbonyl (C=O) groups is 1. The average Bonchev–Trinajstić information content (AvgIpc) is 3.42. The molecule has 0 bridgehead atoms. The van der Waals surface area contributed by atoms with Crippen molar-refractivity contribution in [1.82, 2.24) is 14.5 Å². The number of nitrogens with one attached hydrogen (secondary N) is 1. The zero-order valence-corrected chi connectivity index (χ0v) is 24.5. The molecular weight excluding hydrogens is 591 g/mol. The van der Waals surface area contributed by atoms with Gasteiger partial charge in [0.15, 0.2) is 5.60 Å². The van der Waals surface area contributed by atoms with Crippen molar-refractivity contribution in [3.8, 4) is 11.1 Å². The number of hydrogen-bond donors (Lipinski definition) is 2. The number of anilines is 1. The van der Waals surface area contributed by atoms with Gasteiger partial charge in [0.1, 0.15) is 5.82 Å². The molecule has 0 aliphatic rings. The Morgan fingerprint density at radius 2 is 1.55 bits per heavy atom. The minimum atomic E-state index is -1.56. The Hall–Kier alpha value is -4.20. The molecule has 6 nitrogen and oxygen atoms in total. The second kappa shape index (κ2) is 11.2. The fourth-order valence-electron chi connectivity index (χ4n) is 5.09. The number of halogens is 3. The maximum absolute atomic E-state index is 13.1. The lowest BCUT2D eigenvalue weighted by Gasteiger charge is -2.30. The van der Waals surface area contributed by atoms with Crippen LogP contribution >= 0.6 is 34.8 Å². The lowest BCUT2D eigenvalue weighted by atomic mass is 9.82. The van der Waals surface area contributed by atoms with Crippen molar-refractivity contribution in [2.24, 2.45) is 7.05 Å². The number of aromatic nitrogens is 3. The summed E-state index contributed by atoms with van der Waals surface area (Å²) in [6.07, 6.45) is 3.29. The van der Waals surface area contributed by atoms with Crippen molar-refractivity contribution < 1.29 is 9.90 Å². The van der Waals surface area contributed by atoms with E-state index >= 15 is 0 Å². The van der Waals surface area contributed by atoms with E-state index in [2.05, 4.69) is 10.3 Å². The number of benzene rings is 4. The summed E-state index contributed by atoms with van der Waals surface area (Å²) in [6.45, 7) is 0. The molecule has 0 saturated carbocycles. The van der Waals surface area contributed by atoms with Crippen LogP contribution in [-0.4, -0.2) is 25.5 Å². The first-order chi connectivity index (χ1) is 20.2. The van der Waals surface area contributed by atoms with E-state index in [-0.39, 0.29) is 5.91 Å². The van der Waals surface area contributed by atoms with Crippen LogP contribution in [-0.2, 0) is 12.6 Å². The maximum atomic E-state index is 13.1. The number of imidazole rings is 1. The van der Waals surface area contributed by atoms with E-state index in [4.69, 9.17) is 39.8 Å². The van der Waals surface area contributed by atoms with E-state index in [0.717, 1.165) is 16.5 Å². The molecule has 0 saturated heterocycles. The van der Waals surface area contributed by atoms with Crippen LogP contribution < -0.4 is 5.32 Å². The second-order valence-electron chi connectivity index (χ2n) is 9.87. The Morgan fingerprint density at radius 1 is 0.833 bits per heavy atom. The quantitative estimate of drug-likeness (QED) is 0.199. The van der Waals surface area contributed by atoms with E-state index in [9.17, 15) is 9.90 Å². The zero-order chi connectivity index (χ0) is 29.4. The Bertz CT molecular complexity index is 1960. The lowest BCUT2D eigenvalue weighted by molar-refractivity contribution is 0.102. The molecule has 4 aromatic carbocycles. The van der Waals surface area contributed by atoms with Gasteiger partial charge in [-0.1, -0.05) is 71.2 Å². The van der Waals surface area contributed by atoms with Gasteiger partial charge in [-0.2, -0.15) is 0 Å². The molecule has 0 fully saturated rings. The fourth-order valence-corrected chi connectivity index (χ4v) is 5.59. The summed E-state index contributed by atoms with van der Waals surface area (Å²) in [7, 11) is 1.83. The molecule has 2 N–H and O–H groups in total. The van der Waals surface area contributed by atoms with E-state index in [1.165, 1.54) is 0 Å². The molecule has 0 spiro atoms. The van der Waals surface area contributed by atoms with Gasteiger partial charge in [0, 0.05) is 33.1 Å². The standard InChI is InChI=1S/C33H23Cl3N4O2/c1-40-19-37-18-30(40)33(42,22-8-11-24(34)12-9-22)23-10-13-29-28(16-23)27(20-4-2-6-25(35)14-20)17-31(38-29)39-32(41)21-5-3-7-26(36)15-21/h2-19,42H,1H3,(H,38,39,41). The summed E-state index contributed by atoms with van der Waals surface area (Å²) in [5.41, 5.74) is 2.85. The first-order valence-corrected chi connectivity index (χ1v) is 14.1. The number of aryl methyl sites for hydroxylation is 1. The number of hydrogen-bond acceptors (Lipinski definition) is 4. The molecule has 1 unspecified atom stereocenters. The first kappa shape index (κ1) is 27.9. The molecule has 0 radical (unpaired) electrons. The molecule has 1 amide bonds. The SMILES string of the molecule is Cn1cncc1C(O)(c1ccc(Cl)cc1)c1ccc2nc(NC(=O)c3cccc(Cl)c3)cc(-c3cccc(Cl)c3)c2c1. The van der Waals surface area contributed by atoms with E-state index in [1.54, 1.807) is 77.8 Å². The van der Waals surface area contributed by atoms with Crippen molar-refractivity contribution >= 4 is 57.4 Å². The van der Waals surface area contributed by atoms with Gasteiger partial charge in [0.05, 0.1) is 23.7 Å². The molecule has 9 heteroatoms. The third-order valence-electron chi connectivity index (χ3n) is 7.14. The van der Waals surface area contributed by atoms with Crippen LogP contribution in [0.25, 0.3) is 22.0 Å². The Balaban J connectivity index is 1.54. The van der Waals surface area contributed by atoms with Gasteiger partial charge in [-0.3, -0.25) is 4.79 Å². The zero-order valence-electron chi connectivity index (χ0n) is 22.2. The van der Waals surface area contributed by atoms with Crippen molar-refractivity contribution in [2.75, 3.05) is 5.32 Å². The molecule has 42 heavy (non-hydrogen) atoms. The summed E-state index contributed by atoms with van der Waals surface area (Å²) in [6, 6.07) is 28.6. The number of rotatable bonds is 6. The molecule has 208 valence electrons. The summed E-state index contributed by atoms with van der Waals surface area (Å²) >= 11 is 18.7. The van der Waals surface area contributed by atoms with Crippen LogP contribution in [0.3, 0.4) is 0 Å². The Kier molecular flexibility index (Phi) is 7.47. The molecular formula is C33H23Cl3N4O2. The van der Waals surface area contributed by atoms with Gasteiger partial charge in [-0.05, 0) is 82.9 Å². The predicted octanol–water partition coefficient (Wildman–Crippen LogP) is 8.13. The number of carbonyl (C=O) groups excluding carboxylic acids is 1. The molecule has 6 rings (SSSR count). The monoisotopic (exact) mass is 612 g/mol. The van der Waals surface area contributed by atoms with E-state index < -0.39 is 5.60 Å². The van der Waals surface area contributed by atoms with Crippen LogP contribution in [0.1, 0.15) is 27.2 Å². The highest BCUT2D eigenvalue weighted by molar-refractivity contribution is 6.31. The average molecular weight is 614 g/mol. The summed E-state index contributed by atoms with van der Waals surface area (Å²) in [5.74, 6) is 0.0149. The van der Waals surface area contributed by atoms with Gasteiger partial charge in [-0.25, -0.2) is 9.97 Å². The van der Waals surface area contributed by atoms with Crippen LogP contribution in [0.4, 0.5) is 5.82 Å².